The third-order valence-electron chi connectivity index (χ3n) is 5.12. The van der Waals surface area contributed by atoms with Crippen LogP contribution in [0.1, 0.15) is 24.0 Å². The van der Waals surface area contributed by atoms with Crippen LogP contribution in [0, 0.1) is 11.3 Å². The van der Waals surface area contributed by atoms with Gasteiger partial charge in [0.25, 0.3) is 0 Å². The Labute approximate surface area is 179 Å². The van der Waals surface area contributed by atoms with Gasteiger partial charge < -0.3 is 24.7 Å². The quantitative estimate of drug-likeness (QED) is 0.627. The van der Waals surface area contributed by atoms with E-state index in [2.05, 4.69) is 16.3 Å². The predicted octanol–water partition coefficient (Wildman–Crippen LogP) is 3.71. The molecule has 4 rings (SSSR count). The molecule has 1 aliphatic heterocycles. The normalized spacial score (nSPS) is 15.0. The molecule has 1 aliphatic rings. The van der Waals surface area contributed by atoms with E-state index in [4.69, 9.17) is 24.7 Å². The molecule has 0 fully saturated rings. The van der Waals surface area contributed by atoms with Gasteiger partial charge in [0, 0.05) is 11.1 Å². The number of hydrogen-bond donors (Lipinski definition) is 2. The molecule has 1 atom stereocenters. The third kappa shape index (κ3) is 3.40. The van der Waals surface area contributed by atoms with E-state index in [1.807, 2.05) is 43.3 Å². The maximum absolute atomic E-state index is 9.93. The maximum atomic E-state index is 9.93. The molecule has 0 radical (unpaired) electrons. The van der Waals surface area contributed by atoms with Gasteiger partial charge in [-0.25, -0.2) is 0 Å². The first-order valence-corrected chi connectivity index (χ1v) is 9.72. The lowest BCUT2D eigenvalue weighted by atomic mass is 9.82. The molecule has 1 aromatic heterocycles. The first-order chi connectivity index (χ1) is 15.1. The molecule has 0 bridgehead atoms. The van der Waals surface area contributed by atoms with Crippen molar-refractivity contribution in [3.05, 3.63) is 65.0 Å². The molecule has 158 valence electrons. The molecule has 8 heteroatoms. The molecular weight excluding hydrogens is 396 g/mol. The molecular formula is C23H22N4O4. The number of aromatic nitrogens is 2. The van der Waals surface area contributed by atoms with Crippen LogP contribution in [0.4, 0.5) is 0 Å². The molecule has 0 aliphatic carbocycles. The summed E-state index contributed by atoms with van der Waals surface area (Å²) in [5.41, 5.74) is 9.31. The summed E-state index contributed by atoms with van der Waals surface area (Å²) >= 11 is 0. The van der Waals surface area contributed by atoms with Crippen LogP contribution in [0.25, 0.3) is 11.3 Å². The van der Waals surface area contributed by atoms with Crippen LogP contribution in [0.15, 0.2) is 53.9 Å². The molecule has 0 spiro atoms. The van der Waals surface area contributed by atoms with Crippen molar-refractivity contribution in [3.63, 3.8) is 0 Å². The van der Waals surface area contributed by atoms with E-state index in [-0.39, 0.29) is 11.5 Å². The number of nitriles is 1. The van der Waals surface area contributed by atoms with E-state index in [0.29, 0.717) is 35.2 Å². The molecule has 2 heterocycles. The first kappa shape index (κ1) is 20.2. The standard InChI is InChI=1S/C23H22N4O4/c1-4-30-14-8-5-7-13(11-14)20-19-18(15-9-6-10-17(28-2)21(15)29-3)16(12-24)22(25)31-23(19)27-26-20/h5-11,18H,4,25H2,1-3H3,(H,26,27). The van der Waals surface area contributed by atoms with E-state index in [0.717, 1.165) is 16.9 Å². The van der Waals surface area contributed by atoms with Crippen LogP contribution in [-0.2, 0) is 0 Å². The summed E-state index contributed by atoms with van der Waals surface area (Å²) in [6.45, 7) is 2.48. The van der Waals surface area contributed by atoms with E-state index in [1.54, 1.807) is 20.3 Å². The van der Waals surface area contributed by atoms with Gasteiger partial charge in [0.15, 0.2) is 11.5 Å². The van der Waals surface area contributed by atoms with Gasteiger partial charge in [-0.1, -0.05) is 24.3 Å². The molecule has 0 saturated heterocycles. The van der Waals surface area contributed by atoms with Gasteiger partial charge in [-0.2, -0.15) is 5.26 Å². The average Bonchev–Trinajstić information content (AvgIpc) is 3.21. The summed E-state index contributed by atoms with van der Waals surface area (Å²) in [6.07, 6.45) is 0. The van der Waals surface area contributed by atoms with Gasteiger partial charge in [0.2, 0.25) is 11.8 Å². The van der Waals surface area contributed by atoms with Crippen LogP contribution < -0.4 is 24.7 Å². The Kier molecular flexibility index (Phi) is 5.41. The number of hydrogen-bond acceptors (Lipinski definition) is 7. The molecule has 3 aromatic rings. The molecule has 0 amide bonds. The van der Waals surface area contributed by atoms with Gasteiger partial charge in [-0.3, -0.25) is 5.10 Å². The minimum absolute atomic E-state index is 0.00555. The van der Waals surface area contributed by atoms with Crippen molar-refractivity contribution in [3.8, 4) is 40.5 Å². The zero-order valence-electron chi connectivity index (χ0n) is 17.4. The number of fused-ring (bicyclic) bond motifs is 1. The van der Waals surface area contributed by atoms with Crippen LogP contribution >= 0.6 is 0 Å². The topological polar surface area (TPSA) is 115 Å². The number of aromatic amines is 1. The number of rotatable bonds is 6. The first-order valence-electron chi connectivity index (χ1n) is 9.72. The number of methoxy groups -OCH3 is 2. The summed E-state index contributed by atoms with van der Waals surface area (Å²) in [7, 11) is 3.12. The zero-order chi connectivity index (χ0) is 22.0. The second kappa shape index (κ2) is 8.32. The largest absolute Gasteiger partial charge is 0.494 e. The fourth-order valence-electron chi connectivity index (χ4n) is 3.82. The SMILES string of the molecule is CCOc1cccc(-c2[nH]nc3c2C(c2cccc(OC)c2OC)C(C#N)=C(N)O3)c1. The molecule has 2 aromatic carbocycles. The van der Waals surface area contributed by atoms with E-state index < -0.39 is 5.92 Å². The summed E-state index contributed by atoms with van der Waals surface area (Å²) in [5.74, 6) is 1.54. The van der Waals surface area contributed by atoms with Crippen LogP contribution in [0.2, 0.25) is 0 Å². The highest BCUT2D eigenvalue weighted by molar-refractivity contribution is 5.73. The summed E-state index contributed by atoms with van der Waals surface area (Å²) < 4.78 is 22.4. The molecule has 1 unspecified atom stereocenters. The van der Waals surface area contributed by atoms with Crippen LogP contribution in [0.5, 0.6) is 23.1 Å². The minimum atomic E-state index is -0.566. The van der Waals surface area contributed by atoms with Crippen molar-refractivity contribution in [2.24, 2.45) is 5.73 Å². The fourth-order valence-corrected chi connectivity index (χ4v) is 3.82. The number of ether oxygens (including phenoxy) is 4. The van der Waals surface area contributed by atoms with Crippen LogP contribution in [0.3, 0.4) is 0 Å². The average molecular weight is 418 g/mol. The molecule has 8 nitrogen and oxygen atoms in total. The van der Waals surface area contributed by atoms with Gasteiger partial charge >= 0.3 is 0 Å². The van der Waals surface area contributed by atoms with Crippen molar-refractivity contribution in [1.82, 2.24) is 10.2 Å². The molecule has 0 saturated carbocycles. The lowest BCUT2D eigenvalue weighted by Crippen LogP contribution is -2.21. The summed E-state index contributed by atoms with van der Waals surface area (Å²) in [6, 6.07) is 15.3. The van der Waals surface area contributed by atoms with Gasteiger partial charge in [-0.15, -0.1) is 5.10 Å². The Hall–Kier alpha value is -4.12. The fraction of sp³-hybridized carbons (Fsp3) is 0.217. The molecule has 3 N–H and O–H groups in total. The van der Waals surface area contributed by atoms with E-state index >= 15 is 0 Å². The van der Waals surface area contributed by atoms with Gasteiger partial charge in [0.05, 0.1) is 38.0 Å². The number of nitrogens with zero attached hydrogens (tertiary/aromatic N) is 2. The smallest absolute Gasteiger partial charge is 0.244 e. The minimum Gasteiger partial charge on any atom is -0.494 e. The Balaban J connectivity index is 1.96. The predicted molar refractivity (Wildman–Crippen MR) is 114 cm³/mol. The summed E-state index contributed by atoms with van der Waals surface area (Å²) in [5, 5.41) is 17.3. The van der Waals surface area contributed by atoms with Crippen LogP contribution in [-0.4, -0.2) is 31.0 Å². The monoisotopic (exact) mass is 418 g/mol. The molecule has 31 heavy (non-hydrogen) atoms. The third-order valence-corrected chi connectivity index (χ3v) is 5.12. The number of H-pyrrole nitrogens is 1. The number of benzene rings is 2. The second-order valence-electron chi connectivity index (χ2n) is 6.79. The lowest BCUT2D eigenvalue weighted by Gasteiger charge is -2.26. The van der Waals surface area contributed by atoms with Crippen molar-refractivity contribution in [2.75, 3.05) is 20.8 Å². The van der Waals surface area contributed by atoms with Crippen molar-refractivity contribution in [2.45, 2.75) is 12.8 Å². The number of nitrogens with two attached hydrogens (primary N) is 1. The Morgan fingerprint density at radius 2 is 2.00 bits per heavy atom. The zero-order valence-corrected chi connectivity index (χ0v) is 17.4. The second-order valence-corrected chi connectivity index (χ2v) is 6.79. The van der Waals surface area contributed by atoms with E-state index in [1.165, 1.54) is 0 Å². The maximum Gasteiger partial charge on any atom is 0.244 e. The van der Waals surface area contributed by atoms with Crippen molar-refractivity contribution >= 4 is 0 Å². The van der Waals surface area contributed by atoms with Crippen molar-refractivity contribution < 1.29 is 18.9 Å². The Morgan fingerprint density at radius 3 is 2.71 bits per heavy atom. The van der Waals surface area contributed by atoms with E-state index in [9.17, 15) is 5.26 Å². The number of allylic oxidation sites excluding steroid dienone is 1. The highest BCUT2D eigenvalue weighted by atomic mass is 16.5. The highest BCUT2D eigenvalue weighted by Gasteiger charge is 2.37. The van der Waals surface area contributed by atoms with Gasteiger partial charge in [0.1, 0.15) is 17.4 Å². The highest BCUT2D eigenvalue weighted by Crippen LogP contribution is 2.49. The van der Waals surface area contributed by atoms with Crippen molar-refractivity contribution in [1.29, 1.82) is 5.26 Å². The Bertz CT molecular complexity index is 1190. The summed E-state index contributed by atoms with van der Waals surface area (Å²) in [4.78, 5) is 0. The number of para-hydroxylation sites is 1. The lowest BCUT2D eigenvalue weighted by molar-refractivity contribution is 0.340. The number of nitrogens with one attached hydrogen (secondary N) is 1. The van der Waals surface area contributed by atoms with Gasteiger partial charge in [-0.05, 0) is 25.1 Å². The Morgan fingerprint density at radius 1 is 1.19 bits per heavy atom.